The molecule has 0 aromatic heterocycles. The van der Waals surface area contributed by atoms with Crippen molar-refractivity contribution in [3.63, 3.8) is 0 Å². The Bertz CT molecular complexity index is 966. The second-order valence-corrected chi connectivity index (χ2v) is 17.0. The van der Waals surface area contributed by atoms with Crippen LogP contribution in [0.1, 0.15) is 72.7 Å². The van der Waals surface area contributed by atoms with E-state index in [0.717, 1.165) is 11.1 Å². The number of cyclic esters (lactones) is 1. The number of esters is 1. The SMILES string of the molecule is C/C(=C\CO)[C@H]1OC(=O)CC(O[Si](C)(C)C(C)(C)C)CC[C@@]2(C)O[C@@H](c3ccccc3)O[C@H]2/C=C\[C@@H]1C. The fraction of sp³-hybridized carbons (Fsp3) is 0.633. The maximum absolute atomic E-state index is 13.2. The van der Waals surface area contributed by atoms with Gasteiger partial charge in [0.05, 0.1) is 24.7 Å². The van der Waals surface area contributed by atoms with Crippen molar-refractivity contribution in [3.8, 4) is 0 Å². The van der Waals surface area contributed by atoms with Crippen LogP contribution >= 0.6 is 0 Å². The number of ether oxygens (including phenoxy) is 3. The second kappa shape index (κ2) is 12.0. The van der Waals surface area contributed by atoms with Gasteiger partial charge in [-0.3, -0.25) is 4.79 Å². The number of benzene rings is 1. The highest BCUT2D eigenvalue weighted by molar-refractivity contribution is 6.74. The largest absolute Gasteiger partial charge is 0.457 e. The molecule has 0 amide bonds. The molecule has 3 rings (SSSR count). The van der Waals surface area contributed by atoms with Crippen molar-refractivity contribution in [2.75, 3.05) is 6.61 Å². The van der Waals surface area contributed by atoms with Crippen LogP contribution in [0.5, 0.6) is 0 Å². The Labute approximate surface area is 224 Å². The molecule has 1 aromatic rings. The molecule has 1 saturated heterocycles. The molecule has 6 nitrogen and oxygen atoms in total. The maximum Gasteiger partial charge on any atom is 0.308 e. The smallest absolute Gasteiger partial charge is 0.308 e. The molecule has 1 aromatic carbocycles. The van der Waals surface area contributed by atoms with Crippen molar-refractivity contribution < 1.29 is 28.5 Å². The van der Waals surface area contributed by atoms with Crippen LogP contribution in [0, 0.1) is 5.92 Å². The number of carbonyl (C=O) groups is 1. The van der Waals surface area contributed by atoms with Crippen molar-refractivity contribution in [1.82, 2.24) is 0 Å². The zero-order valence-electron chi connectivity index (χ0n) is 23.8. The molecule has 6 atom stereocenters. The minimum atomic E-state index is -2.14. The highest BCUT2D eigenvalue weighted by atomic mass is 28.4. The molecule has 2 aliphatic heterocycles. The van der Waals surface area contributed by atoms with E-state index in [9.17, 15) is 9.90 Å². The van der Waals surface area contributed by atoms with Gasteiger partial charge >= 0.3 is 5.97 Å². The van der Waals surface area contributed by atoms with E-state index in [-0.39, 0.29) is 42.2 Å². The Kier molecular flexibility index (Phi) is 9.62. The van der Waals surface area contributed by atoms with E-state index >= 15 is 0 Å². The van der Waals surface area contributed by atoms with Gasteiger partial charge in [0.25, 0.3) is 0 Å². The standard InChI is InChI=1S/C30H46O6Si/c1-21-14-15-25-30(6,35-28(33-25)23-12-10-9-11-13-23)18-16-24(36-37(7,8)29(3,4)5)20-26(32)34-27(21)22(2)17-19-31/h9-15,17,21,24-25,27-28,31H,16,18-20H2,1-8H3/b15-14-,22-17+/t21-,24?,25-,27-,28-,30+/m0/s1. The van der Waals surface area contributed by atoms with E-state index in [1.165, 1.54) is 0 Å². The summed E-state index contributed by atoms with van der Waals surface area (Å²) in [5.74, 6) is -0.401. The minimum absolute atomic E-state index is 0.0125. The lowest BCUT2D eigenvalue weighted by molar-refractivity contribution is -0.151. The van der Waals surface area contributed by atoms with Crippen LogP contribution in [0.15, 0.2) is 54.1 Å². The lowest BCUT2D eigenvalue weighted by atomic mass is 9.89. The Morgan fingerprint density at radius 2 is 1.89 bits per heavy atom. The first-order valence-electron chi connectivity index (χ1n) is 13.5. The molecule has 7 heteroatoms. The number of aliphatic hydroxyl groups is 1. The van der Waals surface area contributed by atoms with Crippen LogP contribution in [0.2, 0.25) is 18.1 Å². The number of rotatable bonds is 5. The van der Waals surface area contributed by atoms with Gasteiger partial charge < -0.3 is 23.7 Å². The van der Waals surface area contributed by atoms with Crippen LogP contribution in [-0.2, 0) is 23.4 Å². The summed E-state index contributed by atoms with van der Waals surface area (Å²) in [6, 6.07) is 9.99. The highest BCUT2D eigenvalue weighted by Gasteiger charge is 2.47. The zero-order valence-corrected chi connectivity index (χ0v) is 24.8. The molecule has 1 unspecified atom stereocenters. The predicted molar refractivity (Wildman–Crippen MR) is 148 cm³/mol. The highest BCUT2D eigenvalue weighted by Crippen LogP contribution is 2.44. The average Bonchev–Trinajstić information content (AvgIpc) is 3.15. The normalized spacial score (nSPS) is 33.2. The van der Waals surface area contributed by atoms with Crippen LogP contribution in [0.25, 0.3) is 0 Å². The number of aliphatic hydroxyl groups excluding tert-OH is 1. The van der Waals surface area contributed by atoms with E-state index in [0.29, 0.717) is 12.8 Å². The fourth-order valence-electron chi connectivity index (χ4n) is 4.69. The minimum Gasteiger partial charge on any atom is -0.457 e. The first-order chi connectivity index (χ1) is 17.3. The van der Waals surface area contributed by atoms with Crippen molar-refractivity contribution in [2.45, 2.75) is 109 Å². The second-order valence-electron chi connectivity index (χ2n) is 12.3. The molecule has 0 saturated carbocycles. The zero-order chi connectivity index (χ0) is 27.4. The van der Waals surface area contributed by atoms with Crippen LogP contribution in [-0.4, -0.2) is 49.9 Å². The number of hydrogen-bond donors (Lipinski definition) is 1. The van der Waals surface area contributed by atoms with Crippen molar-refractivity contribution in [1.29, 1.82) is 0 Å². The van der Waals surface area contributed by atoms with Crippen molar-refractivity contribution in [3.05, 3.63) is 59.7 Å². The van der Waals surface area contributed by atoms with E-state index in [4.69, 9.17) is 18.6 Å². The van der Waals surface area contributed by atoms with Crippen LogP contribution in [0.4, 0.5) is 0 Å². The summed E-state index contributed by atoms with van der Waals surface area (Å²) < 4.78 is 25.8. The summed E-state index contributed by atoms with van der Waals surface area (Å²) >= 11 is 0. The lowest BCUT2D eigenvalue weighted by Crippen LogP contribution is -2.45. The van der Waals surface area contributed by atoms with Gasteiger partial charge in [0.15, 0.2) is 14.6 Å². The third-order valence-corrected chi connectivity index (χ3v) is 12.7. The van der Waals surface area contributed by atoms with Gasteiger partial charge in [-0.25, -0.2) is 0 Å². The Hall–Kier alpha value is -1.77. The number of fused-ring (bicyclic) bond motifs is 1. The molecule has 0 bridgehead atoms. The average molecular weight is 531 g/mol. The molecular formula is C30H46O6Si. The molecule has 1 fully saturated rings. The summed E-state index contributed by atoms with van der Waals surface area (Å²) in [4.78, 5) is 13.2. The predicted octanol–water partition coefficient (Wildman–Crippen LogP) is 6.48. The molecule has 2 aliphatic rings. The van der Waals surface area contributed by atoms with Gasteiger partial charge in [0.2, 0.25) is 0 Å². The van der Waals surface area contributed by atoms with E-state index < -0.39 is 26.3 Å². The molecule has 0 spiro atoms. The Balaban J connectivity index is 1.97. The molecular weight excluding hydrogens is 484 g/mol. The van der Waals surface area contributed by atoms with Gasteiger partial charge in [-0.2, -0.15) is 0 Å². The van der Waals surface area contributed by atoms with Gasteiger partial charge in [-0.15, -0.1) is 0 Å². The summed E-state index contributed by atoms with van der Waals surface area (Å²) in [6.45, 7) is 16.9. The summed E-state index contributed by atoms with van der Waals surface area (Å²) in [7, 11) is -2.14. The molecule has 206 valence electrons. The summed E-state index contributed by atoms with van der Waals surface area (Å²) in [6.07, 6.45) is 5.78. The van der Waals surface area contributed by atoms with Crippen LogP contribution in [0.3, 0.4) is 0 Å². The topological polar surface area (TPSA) is 74.2 Å². The van der Waals surface area contributed by atoms with E-state index in [1.54, 1.807) is 6.08 Å². The molecule has 37 heavy (non-hydrogen) atoms. The van der Waals surface area contributed by atoms with Crippen LogP contribution < -0.4 is 0 Å². The van der Waals surface area contributed by atoms with Crippen molar-refractivity contribution in [2.24, 2.45) is 5.92 Å². The summed E-state index contributed by atoms with van der Waals surface area (Å²) in [5.41, 5.74) is 1.22. The third kappa shape index (κ3) is 7.42. The quantitative estimate of drug-likeness (QED) is 0.267. The molecule has 0 radical (unpaired) electrons. The fourth-order valence-corrected chi connectivity index (χ4v) is 6.08. The molecule has 2 heterocycles. The summed E-state index contributed by atoms with van der Waals surface area (Å²) in [5, 5.41) is 9.49. The molecule has 0 aliphatic carbocycles. The van der Waals surface area contributed by atoms with Gasteiger partial charge in [-0.05, 0) is 50.4 Å². The number of carbonyl (C=O) groups excluding carboxylic acids is 1. The molecule has 1 N–H and O–H groups in total. The Morgan fingerprint density at radius 1 is 1.22 bits per heavy atom. The first kappa shape index (κ1) is 29.8. The van der Waals surface area contributed by atoms with Gasteiger partial charge in [0, 0.05) is 11.5 Å². The van der Waals surface area contributed by atoms with E-state index in [2.05, 4.69) is 40.8 Å². The lowest BCUT2D eigenvalue weighted by Gasteiger charge is -2.40. The third-order valence-electron chi connectivity index (χ3n) is 8.13. The Morgan fingerprint density at radius 3 is 2.51 bits per heavy atom. The monoisotopic (exact) mass is 530 g/mol. The first-order valence-corrected chi connectivity index (χ1v) is 16.4. The van der Waals surface area contributed by atoms with Gasteiger partial charge in [0.1, 0.15) is 12.2 Å². The number of hydrogen-bond acceptors (Lipinski definition) is 6. The van der Waals surface area contributed by atoms with Crippen molar-refractivity contribution >= 4 is 14.3 Å². The van der Waals surface area contributed by atoms with E-state index in [1.807, 2.05) is 56.3 Å². The van der Waals surface area contributed by atoms with Gasteiger partial charge in [-0.1, -0.05) is 76.3 Å². The maximum atomic E-state index is 13.2.